The first kappa shape index (κ1) is 18.9. The zero-order chi connectivity index (χ0) is 19.5. The molecule has 0 saturated heterocycles. The van der Waals surface area contributed by atoms with Crippen molar-refractivity contribution >= 4 is 39.2 Å². The number of nitrogens with zero attached hydrogens (tertiary/aromatic N) is 2. The van der Waals surface area contributed by atoms with Crippen molar-refractivity contribution in [1.29, 1.82) is 0 Å². The third kappa shape index (κ3) is 4.18. The number of fused-ring (bicyclic) bond motifs is 1. The van der Waals surface area contributed by atoms with Gasteiger partial charge in [0.05, 0.1) is 11.8 Å². The van der Waals surface area contributed by atoms with E-state index in [-0.39, 0.29) is 11.9 Å². The molecule has 0 radical (unpaired) electrons. The fraction of sp³-hybridized carbons (Fsp3) is 0.238. The molecule has 3 aromatic rings. The molecular weight excluding hydrogens is 394 g/mol. The summed E-state index contributed by atoms with van der Waals surface area (Å²) in [6, 6.07) is 9.39. The average molecular weight is 414 g/mol. The van der Waals surface area contributed by atoms with Crippen LogP contribution in [0.3, 0.4) is 0 Å². The van der Waals surface area contributed by atoms with Gasteiger partial charge in [0.25, 0.3) is 0 Å². The smallest absolute Gasteiger partial charge is 0.223 e. The van der Waals surface area contributed by atoms with Gasteiger partial charge in [-0.15, -0.1) is 0 Å². The summed E-state index contributed by atoms with van der Waals surface area (Å²) in [4.78, 5) is 22.1. The first-order chi connectivity index (χ1) is 13.6. The van der Waals surface area contributed by atoms with Crippen LogP contribution in [0.1, 0.15) is 17.5 Å². The van der Waals surface area contributed by atoms with Crippen molar-refractivity contribution in [2.24, 2.45) is 0 Å². The van der Waals surface area contributed by atoms with Gasteiger partial charge < -0.3 is 9.88 Å². The molecule has 4 rings (SSSR count). The topological polar surface area (TPSA) is 66.1 Å². The van der Waals surface area contributed by atoms with Crippen molar-refractivity contribution in [3.8, 4) is 0 Å². The molecule has 1 aromatic carbocycles. The predicted molar refractivity (Wildman–Crippen MR) is 112 cm³/mol. The van der Waals surface area contributed by atoms with E-state index in [0.717, 1.165) is 22.0 Å². The van der Waals surface area contributed by atoms with Crippen LogP contribution in [0.2, 0.25) is 5.02 Å². The van der Waals surface area contributed by atoms with Crippen LogP contribution in [0.4, 0.5) is 0 Å². The number of hydrogen-bond acceptors (Lipinski definition) is 3. The number of carbonyl (C=O) groups is 1. The molecule has 0 spiro atoms. The quantitative estimate of drug-likeness (QED) is 0.668. The van der Waals surface area contributed by atoms with Crippen molar-refractivity contribution < 1.29 is 9.00 Å². The van der Waals surface area contributed by atoms with E-state index in [1.807, 2.05) is 47.5 Å². The van der Waals surface area contributed by atoms with E-state index in [1.54, 1.807) is 17.8 Å². The lowest BCUT2D eigenvalue weighted by Gasteiger charge is -2.28. The van der Waals surface area contributed by atoms with Gasteiger partial charge in [-0.05, 0) is 41.8 Å². The van der Waals surface area contributed by atoms with Gasteiger partial charge in [0.2, 0.25) is 5.91 Å². The molecule has 0 saturated carbocycles. The zero-order valence-corrected chi connectivity index (χ0v) is 16.7. The van der Waals surface area contributed by atoms with Crippen molar-refractivity contribution in [3.05, 3.63) is 76.6 Å². The molecule has 2 aromatic heterocycles. The van der Waals surface area contributed by atoms with Crippen molar-refractivity contribution in [3.63, 3.8) is 0 Å². The van der Waals surface area contributed by atoms with Gasteiger partial charge in [-0.1, -0.05) is 23.7 Å². The van der Waals surface area contributed by atoms with E-state index in [9.17, 15) is 9.00 Å². The molecule has 5 nitrogen and oxygen atoms in total. The summed E-state index contributed by atoms with van der Waals surface area (Å²) in [6.45, 7) is 0.483. The minimum absolute atomic E-state index is 0.0497. The lowest BCUT2D eigenvalue weighted by atomic mass is 10.1. The highest BCUT2D eigenvalue weighted by Gasteiger charge is 2.26. The van der Waals surface area contributed by atoms with E-state index in [2.05, 4.69) is 9.97 Å². The van der Waals surface area contributed by atoms with Gasteiger partial charge >= 0.3 is 0 Å². The molecular formula is C21H20ClN3O2S. The molecule has 1 aliphatic heterocycles. The minimum Gasteiger partial charge on any atom is -0.361 e. The summed E-state index contributed by atoms with van der Waals surface area (Å²) >= 11 is 6.04. The number of carbonyl (C=O) groups excluding carboxylic acids is 1. The van der Waals surface area contributed by atoms with Crippen LogP contribution in [0.15, 0.2) is 60.4 Å². The second-order valence-electron chi connectivity index (χ2n) is 6.82. The molecule has 28 heavy (non-hydrogen) atoms. The number of rotatable bonds is 6. The number of aromatic amines is 1. The second-order valence-corrected chi connectivity index (χ2v) is 8.63. The Kier molecular flexibility index (Phi) is 5.59. The van der Waals surface area contributed by atoms with Gasteiger partial charge in [-0.25, -0.2) is 0 Å². The van der Waals surface area contributed by atoms with Crippen LogP contribution in [-0.4, -0.2) is 36.8 Å². The highest BCUT2D eigenvalue weighted by atomic mass is 35.5. The molecule has 7 heteroatoms. The summed E-state index contributed by atoms with van der Waals surface area (Å²) in [6.07, 6.45) is 8.27. The number of amides is 1. The number of benzene rings is 1. The molecule has 2 atom stereocenters. The summed E-state index contributed by atoms with van der Waals surface area (Å²) < 4.78 is 11.8. The lowest BCUT2D eigenvalue weighted by Crippen LogP contribution is -2.40. The number of aryl methyl sites for hydroxylation is 1. The second kappa shape index (κ2) is 8.29. The minimum atomic E-state index is -1.01. The molecule has 1 aliphatic rings. The van der Waals surface area contributed by atoms with Crippen molar-refractivity contribution in [2.75, 3.05) is 5.75 Å². The molecule has 3 heterocycles. The van der Waals surface area contributed by atoms with Crippen LogP contribution < -0.4 is 0 Å². The fourth-order valence-electron chi connectivity index (χ4n) is 3.48. The summed E-state index contributed by atoms with van der Waals surface area (Å²) in [5.41, 5.74) is 3.07. The zero-order valence-electron chi connectivity index (χ0n) is 15.2. The molecule has 0 aliphatic carbocycles. The SMILES string of the molecule is O=C(CCc1c[nH]c2cc(Cl)ccc12)N(Cc1ccncc1)C1C=CS(=O)C1. The maximum atomic E-state index is 13.1. The van der Waals surface area contributed by atoms with E-state index < -0.39 is 10.8 Å². The standard InChI is InChI=1S/C21H20ClN3O2S/c22-17-2-3-19-16(12-24-20(19)11-17)1-4-21(26)25(18-7-10-28(27)14-18)13-15-5-8-23-9-6-15/h2-3,5-12,18,24H,1,4,13-14H2. The van der Waals surface area contributed by atoms with Gasteiger partial charge in [0, 0.05) is 63.7 Å². The Labute approximate surface area is 170 Å². The maximum absolute atomic E-state index is 13.1. The fourth-order valence-corrected chi connectivity index (χ4v) is 4.74. The largest absolute Gasteiger partial charge is 0.361 e. The number of nitrogens with one attached hydrogen (secondary N) is 1. The van der Waals surface area contributed by atoms with Crippen LogP contribution in [0, 0.1) is 0 Å². The number of pyridine rings is 1. The van der Waals surface area contributed by atoms with Crippen LogP contribution >= 0.6 is 11.6 Å². The summed E-state index contributed by atoms with van der Waals surface area (Å²) in [5.74, 6) is 0.510. The number of aromatic nitrogens is 2. The van der Waals surface area contributed by atoms with Gasteiger partial charge in [0.1, 0.15) is 0 Å². The average Bonchev–Trinajstić information content (AvgIpc) is 3.30. The molecule has 0 fully saturated rings. The molecule has 1 N–H and O–H groups in total. The molecule has 144 valence electrons. The number of halogens is 1. The normalized spacial score (nSPS) is 18.6. The predicted octanol–water partition coefficient (Wildman–Crippen LogP) is 3.82. The third-order valence-corrected chi connectivity index (χ3v) is 6.31. The van der Waals surface area contributed by atoms with Crippen molar-refractivity contribution in [2.45, 2.75) is 25.4 Å². The summed E-state index contributed by atoms with van der Waals surface area (Å²) in [7, 11) is -1.01. The Morgan fingerprint density at radius 2 is 2.11 bits per heavy atom. The van der Waals surface area contributed by atoms with Crippen LogP contribution in [0.25, 0.3) is 10.9 Å². The summed E-state index contributed by atoms with van der Waals surface area (Å²) in [5, 5.41) is 3.45. The Morgan fingerprint density at radius 3 is 2.86 bits per heavy atom. The molecule has 2 unspecified atom stereocenters. The first-order valence-corrected chi connectivity index (χ1v) is 10.9. The lowest BCUT2D eigenvalue weighted by molar-refractivity contribution is -0.132. The first-order valence-electron chi connectivity index (χ1n) is 9.09. The Hall–Kier alpha value is -2.44. The maximum Gasteiger partial charge on any atom is 0.223 e. The molecule has 0 bridgehead atoms. The van der Waals surface area contributed by atoms with Crippen LogP contribution in [-0.2, 0) is 28.6 Å². The van der Waals surface area contributed by atoms with Gasteiger partial charge in [0.15, 0.2) is 0 Å². The van der Waals surface area contributed by atoms with E-state index in [4.69, 9.17) is 11.6 Å². The number of hydrogen-bond donors (Lipinski definition) is 1. The highest BCUT2D eigenvalue weighted by Crippen LogP contribution is 2.24. The van der Waals surface area contributed by atoms with Gasteiger partial charge in [-0.3, -0.25) is 14.0 Å². The third-order valence-electron chi connectivity index (χ3n) is 4.95. The monoisotopic (exact) mass is 413 g/mol. The molecule has 1 amide bonds. The van der Waals surface area contributed by atoms with E-state index >= 15 is 0 Å². The van der Waals surface area contributed by atoms with E-state index in [0.29, 0.717) is 30.2 Å². The van der Waals surface area contributed by atoms with Crippen LogP contribution in [0.5, 0.6) is 0 Å². The Morgan fingerprint density at radius 1 is 1.29 bits per heavy atom. The Bertz CT molecular complexity index is 1050. The van der Waals surface area contributed by atoms with E-state index in [1.165, 1.54) is 0 Å². The van der Waals surface area contributed by atoms with Gasteiger partial charge in [-0.2, -0.15) is 0 Å². The van der Waals surface area contributed by atoms with Crippen molar-refractivity contribution in [1.82, 2.24) is 14.9 Å². The number of H-pyrrole nitrogens is 1. The highest BCUT2D eigenvalue weighted by molar-refractivity contribution is 7.88. The Balaban J connectivity index is 1.50.